The van der Waals surface area contributed by atoms with Crippen molar-refractivity contribution in [2.24, 2.45) is 11.3 Å². The first kappa shape index (κ1) is 17.5. The Balaban J connectivity index is 1.62. The molecule has 3 rings (SSSR count). The van der Waals surface area contributed by atoms with Crippen molar-refractivity contribution in [2.75, 3.05) is 60.2 Å². The molecule has 1 aromatic heterocycles. The zero-order chi connectivity index (χ0) is 17.0. The van der Waals surface area contributed by atoms with Crippen LogP contribution < -0.4 is 0 Å². The molecule has 0 aliphatic carbocycles. The topological polar surface area (TPSA) is 55.2 Å². The van der Waals surface area contributed by atoms with Gasteiger partial charge in [-0.2, -0.15) is 0 Å². The molecule has 2 saturated heterocycles. The van der Waals surface area contributed by atoms with Crippen LogP contribution in [0, 0.1) is 11.3 Å². The molecule has 0 bridgehead atoms. The lowest BCUT2D eigenvalue weighted by Crippen LogP contribution is -2.47. The summed E-state index contributed by atoms with van der Waals surface area (Å²) in [6.45, 7) is 6.28. The van der Waals surface area contributed by atoms with Gasteiger partial charge in [-0.15, -0.1) is 0 Å². The molecule has 6 heteroatoms. The summed E-state index contributed by atoms with van der Waals surface area (Å²) in [5, 5.41) is 0. The standard InChI is InChI=1S/C18H28N2O4/c1-22-10-8-19-11-16(13-23-2)18(14-19)4-6-20(7-5-18)17(21)15-3-9-24-12-15/h3,9,12,16H,4-8,10-11,13-14H2,1-2H3. The molecule has 134 valence electrons. The Kier molecular flexibility index (Phi) is 5.58. The van der Waals surface area contributed by atoms with Crippen LogP contribution in [-0.4, -0.2) is 75.9 Å². The number of amides is 1. The Hall–Kier alpha value is -1.37. The minimum atomic E-state index is 0.0797. The van der Waals surface area contributed by atoms with Gasteiger partial charge in [0.25, 0.3) is 5.91 Å². The fraction of sp³-hybridized carbons (Fsp3) is 0.722. The van der Waals surface area contributed by atoms with Gasteiger partial charge in [0.15, 0.2) is 0 Å². The number of piperidine rings is 1. The number of furan rings is 1. The first-order chi connectivity index (χ1) is 11.7. The summed E-state index contributed by atoms with van der Waals surface area (Å²) in [6.07, 6.45) is 5.16. The second kappa shape index (κ2) is 7.68. The van der Waals surface area contributed by atoms with Crippen molar-refractivity contribution in [2.45, 2.75) is 12.8 Å². The molecule has 0 N–H and O–H groups in total. The third kappa shape index (κ3) is 3.50. The van der Waals surface area contributed by atoms with Gasteiger partial charge in [-0.3, -0.25) is 4.79 Å². The highest BCUT2D eigenvalue weighted by molar-refractivity contribution is 5.93. The Labute approximate surface area is 143 Å². The van der Waals surface area contributed by atoms with E-state index in [1.165, 1.54) is 6.26 Å². The predicted octanol–water partition coefficient (Wildman–Crippen LogP) is 1.73. The fourth-order valence-corrected chi connectivity index (χ4v) is 4.26. The van der Waals surface area contributed by atoms with Crippen molar-refractivity contribution in [3.63, 3.8) is 0 Å². The van der Waals surface area contributed by atoms with Crippen molar-refractivity contribution < 1.29 is 18.7 Å². The van der Waals surface area contributed by atoms with Gasteiger partial charge < -0.3 is 23.7 Å². The SMILES string of the molecule is COCCN1CC(COC)C2(CCN(C(=O)c3ccoc3)CC2)C1. The van der Waals surface area contributed by atoms with Crippen LogP contribution in [0.2, 0.25) is 0 Å². The van der Waals surface area contributed by atoms with E-state index < -0.39 is 0 Å². The Bertz CT molecular complexity index is 523. The summed E-state index contributed by atoms with van der Waals surface area (Å²) < 4.78 is 15.8. The normalized spacial score (nSPS) is 23.9. The number of carbonyl (C=O) groups is 1. The first-order valence-corrected chi connectivity index (χ1v) is 8.70. The Morgan fingerprint density at radius 1 is 1.33 bits per heavy atom. The largest absolute Gasteiger partial charge is 0.472 e. The van der Waals surface area contributed by atoms with E-state index in [-0.39, 0.29) is 11.3 Å². The summed E-state index contributed by atoms with van der Waals surface area (Å²) in [4.78, 5) is 16.9. The molecule has 1 atom stereocenters. The van der Waals surface area contributed by atoms with Crippen LogP contribution >= 0.6 is 0 Å². The van der Waals surface area contributed by atoms with E-state index in [1.54, 1.807) is 26.5 Å². The first-order valence-electron chi connectivity index (χ1n) is 8.70. The van der Waals surface area contributed by atoms with Crippen molar-refractivity contribution >= 4 is 5.91 Å². The molecule has 1 aromatic rings. The highest BCUT2D eigenvalue weighted by Gasteiger charge is 2.48. The molecule has 2 aliphatic rings. The minimum Gasteiger partial charge on any atom is -0.472 e. The van der Waals surface area contributed by atoms with Crippen LogP contribution in [0.15, 0.2) is 23.0 Å². The third-order valence-electron chi connectivity index (χ3n) is 5.68. The number of hydrogen-bond donors (Lipinski definition) is 0. The highest BCUT2D eigenvalue weighted by Crippen LogP contribution is 2.44. The van der Waals surface area contributed by atoms with Crippen LogP contribution in [-0.2, 0) is 9.47 Å². The fourth-order valence-electron chi connectivity index (χ4n) is 4.26. The molecule has 6 nitrogen and oxygen atoms in total. The number of hydrogen-bond acceptors (Lipinski definition) is 5. The predicted molar refractivity (Wildman–Crippen MR) is 90.0 cm³/mol. The zero-order valence-corrected chi connectivity index (χ0v) is 14.7. The molecular weight excluding hydrogens is 308 g/mol. The Morgan fingerprint density at radius 2 is 2.12 bits per heavy atom. The maximum Gasteiger partial charge on any atom is 0.257 e. The van der Waals surface area contributed by atoms with Crippen LogP contribution in [0.5, 0.6) is 0 Å². The molecule has 0 aromatic carbocycles. The molecule has 24 heavy (non-hydrogen) atoms. The van der Waals surface area contributed by atoms with Crippen molar-refractivity contribution in [1.29, 1.82) is 0 Å². The number of carbonyl (C=O) groups excluding carboxylic acids is 1. The Morgan fingerprint density at radius 3 is 2.75 bits per heavy atom. The molecule has 2 fully saturated rings. The van der Waals surface area contributed by atoms with E-state index in [9.17, 15) is 4.79 Å². The van der Waals surface area contributed by atoms with Crippen LogP contribution in [0.25, 0.3) is 0 Å². The maximum absolute atomic E-state index is 12.5. The molecule has 1 unspecified atom stereocenters. The lowest BCUT2D eigenvalue weighted by Gasteiger charge is -2.42. The van der Waals surface area contributed by atoms with Crippen molar-refractivity contribution in [1.82, 2.24) is 9.80 Å². The zero-order valence-electron chi connectivity index (χ0n) is 14.7. The van der Waals surface area contributed by atoms with E-state index in [4.69, 9.17) is 13.9 Å². The van der Waals surface area contributed by atoms with Gasteiger partial charge >= 0.3 is 0 Å². The molecule has 0 radical (unpaired) electrons. The smallest absolute Gasteiger partial charge is 0.257 e. The van der Waals surface area contributed by atoms with Crippen LogP contribution in [0.4, 0.5) is 0 Å². The average Bonchev–Trinajstić information content (AvgIpc) is 3.23. The summed E-state index contributed by atoms with van der Waals surface area (Å²) in [5.41, 5.74) is 0.907. The monoisotopic (exact) mass is 336 g/mol. The molecule has 3 heterocycles. The van der Waals surface area contributed by atoms with Crippen molar-refractivity contribution in [3.8, 4) is 0 Å². The van der Waals surface area contributed by atoms with Gasteiger partial charge in [0, 0.05) is 52.9 Å². The van der Waals surface area contributed by atoms with Gasteiger partial charge in [0.2, 0.25) is 0 Å². The van der Waals surface area contributed by atoms with Crippen molar-refractivity contribution in [3.05, 3.63) is 24.2 Å². The van der Waals surface area contributed by atoms with Crippen LogP contribution in [0.3, 0.4) is 0 Å². The molecule has 1 spiro atoms. The quantitative estimate of drug-likeness (QED) is 0.792. The third-order valence-corrected chi connectivity index (χ3v) is 5.68. The van der Waals surface area contributed by atoms with Gasteiger partial charge in [0.05, 0.1) is 25.0 Å². The van der Waals surface area contributed by atoms with Crippen LogP contribution in [0.1, 0.15) is 23.2 Å². The molecule has 1 amide bonds. The van der Waals surface area contributed by atoms with Gasteiger partial charge in [0.1, 0.15) is 6.26 Å². The van der Waals surface area contributed by atoms with Gasteiger partial charge in [-0.1, -0.05) is 0 Å². The lowest BCUT2D eigenvalue weighted by molar-refractivity contribution is 0.0320. The lowest BCUT2D eigenvalue weighted by atomic mass is 9.71. The molecule has 2 aliphatic heterocycles. The number of nitrogens with zero attached hydrogens (tertiary/aromatic N) is 2. The molecule has 0 saturated carbocycles. The molecular formula is C18H28N2O4. The van der Waals surface area contributed by atoms with Gasteiger partial charge in [-0.05, 0) is 24.3 Å². The highest BCUT2D eigenvalue weighted by atomic mass is 16.5. The van der Waals surface area contributed by atoms with E-state index in [0.29, 0.717) is 11.5 Å². The summed E-state index contributed by atoms with van der Waals surface area (Å²) in [6, 6.07) is 1.74. The van der Waals surface area contributed by atoms with E-state index >= 15 is 0 Å². The van der Waals surface area contributed by atoms with E-state index in [2.05, 4.69) is 4.90 Å². The summed E-state index contributed by atoms with van der Waals surface area (Å²) in [7, 11) is 3.53. The number of methoxy groups -OCH3 is 2. The number of ether oxygens (including phenoxy) is 2. The maximum atomic E-state index is 12.5. The second-order valence-corrected chi connectivity index (χ2v) is 7.05. The second-order valence-electron chi connectivity index (χ2n) is 7.05. The minimum absolute atomic E-state index is 0.0797. The van der Waals surface area contributed by atoms with E-state index in [1.807, 2.05) is 4.90 Å². The number of likely N-dealkylation sites (tertiary alicyclic amines) is 2. The van der Waals surface area contributed by atoms with Gasteiger partial charge in [-0.25, -0.2) is 0 Å². The van der Waals surface area contributed by atoms with E-state index in [0.717, 1.165) is 58.8 Å². The number of rotatable bonds is 6. The summed E-state index contributed by atoms with van der Waals surface area (Å²) in [5.74, 6) is 0.613. The summed E-state index contributed by atoms with van der Waals surface area (Å²) >= 11 is 0. The average molecular weight is 336 g/mol.